The molecule has 29 heavy (non-hydrogen) atoms. The van der Waals surface area contributed by atoms with E-state index in [4.69, 9.17) is 4.99 Å². The number of fused-ring (bicyclic) bond motifs is 3. The van der Waals surface area contributed by atoms with Gasteiger partial charge in [0.05, 0.1) is 12.2 Å². The van der Waals surface area contributed by atoms with Gasteiger partial charge in [0.1, 0.15) is 0 Å². The smallest absolute Gasteiger partial charge is 0.302 e. The number of aliphatic imine (C=N–C) groups is 1. The number of aryl methyl sites for hydroxylation is 2. The van der Waals surface area contributed by atoms with Crippen LogP contribution in [0.15, 0.2) is 46.7 Å². The highest BCUT2D eigenvalue weighted by molar-refractivity contribution is 6.10. The number of amides is 3. The standard InChI is InChI=1S/C22H27N5O2/c1-12(2)11-25-20(28)18-19(24(7)22(25)29)23-21-26(15(5)16(6)27(18)21)17-10-13(3)8-9-14(17)4/h8-10,18-19H,1,11H2,2-7H3. The molecule has 7 heteroatoms. The third-order valence-corrected chi connectivity index (χ3v) is 5.93. The predicted octanol–water partition coefficient (Wildman–Crippen LogP) is 3.21. The second-order valence-electron chi connectivity index (χ2n) is 8.23. The van der Waals surface area contributed by atoms with Gasteiger partial charge in [0.2, 0.25) is 5.96 Å². The zero-order valence-corrected chi connectivity index (χ0v) is 17.9. The molecule has 0 aromatic heterocycles. The van der Waals surface area contributed by atoms with Gasteiger partial charge < -0.3 is 4.90 Å². The number of likely N-dealkylation sites (N-methyl/N-ethyl adjacent to an activating group) is 1. The zero-order chi connectivity index (χ0) is 21.2. The topological polar surface area (TPSA) is 59.5 Å². The number of allylic oxidation sites excluding steroid dienone is 2. The van der Waals surface area contributed by atoms with Crippen molar-refractivity contribution in [2.24, 2.45) is 4.99 Å². The average molecular weight is 393 g/mol. The number of anilines is 1. The Bertz CT molecular complexity index is 1010. The molecule has 3 aliphatic heterocycles. The highest BCUT2D eigenvalue weighted by Crippen LogP contribution is 2.41. The number of imide groups is 1. The Labute approximate surface area is 171 Å². The van der Waals surface area contributed by atoms with Crippen LogP contribution in [-0.2, 0) is 4.79 Å². The Balaban J connectivity index is 1.80. The largest absolute Gasteiger partial charge is 0.328 e. The van der Waals surface area contributed by atoms with Gasteiger partial charge in [-0.25, -0.2) is 9.79 Å². The molecule has 3 amide bonds. The Hall–Kier alpha value is -3.09. The van der Waals surface area contributed by atoms with Crippen molar-refractivity contribution in [3.05, 3.63) is 52.9 Å². The molecule has 1 aromatic carbocycles. The van der Waals surface area contributed by atoms with E-state index in [0.717, 1.165) is 33.8 Å². The lowest BCUT2D eigenvalue weighted by Crippen LogP contribution is -2.64. The van der Waals surface area contributed by atoms with Gasteiger partial charge in [-0.3, -0.25) is 19.5 Å². The summed E-state index contributed by atoms with van der Waals surface area (Å²) in [5, 5.41) is 0. The highest BCUT2D eigenvalue weighted by Gasteiger charge is 2.55. The van der Waals surface area contributed by atoms with E-state index in [1.807, 2.05) is 25.7 Å². The van der Waals surface area contributed by atoms with E-state index < -0.39 is 12.2 Å². The minimum absolute atomic E-state index is 0.219. The fourth-order valence-electron chi connectivity index (χ4n) is 4.28. The predicted molar refractivity (Wildman–Crippen MR) is 113 cm³/mol. The van der Waals surface area contributed by atoms with E-state index in [-0.39, 0.29) is 18.5 Å². The van der Waals surface area contributed by atoms with Crippen LogP contribution in [0.3, 0.4) is 0 Å². The minimum Gasteiger partial charge on any atom is -0.302 e. The first-order valence-electron chi connectivity index (χ1n) is 9.78. The maximum Gasteiger partial charge on any atom is 0.328 e. The number of urea groups is 1. The van der Waals surface area contributed by atoms with Crippen LogP contribution in [0.5, 0.6) is 0 Å². The van der Waals surface area contributed by atoms with Gasteiger partial charge >= 0.3 is 6.03 Å². The second kappa shape index (κ2) is 6.47. The van der Waals surface area contributed by atoms with Crippen molar-refractivity contribution in [2.75, 3.05) is 18.5 Å². The van der Waals surface area contributed by atoms with Crippen LogP contribution in [0.1, 0.15) is 31.9 Å². The van der Waals surface area contributed by atoms with Crippen molar-refractivity contribution in [2.45, 2.75) is 46.8 Å². The van der Waals surface area contributed by atoms with E-state index in [2.05, 4.69) is 43.5 Å². The van der Waals surface area contributed by atoms with Crippen molar-refractivity contribution >= 4 is 23.6 Å². The number of guanidine groups is 1. The monoisotopic (exact) mass is 393 g/mol. The maximum absolute atomic E-state index is 13.3. The lowest BCUT2D eigenvalue weighted by molar-refractivity contribution is -0.136. The number of benzene rings is 1. The van der Waals surface area contributed by atoms with Crippen LogP contribution in [0.4, 0.5) is 10.5 Å². The molecular weight excluding hydrogens is 366 g/mol. The third-order valence-electron chi connectivity index (χ3n) is 5.93. The van der Waals surface area contributed by atoms with Gasteiger partial charge in [-0.1, -0.05) is 24.3 Å². The first kappa shape index (κ1) is 19.2. The zero-order valence-electron chi connectivity index (χ0n) is 17.9. The van der Waals surface area contributed by atoms with Gasteiger partial charge in [-0.2, -0.15) is 0 Å². The van der Waals surface area contributed by atoms with Crippen molar-refractivity contribution in [1.82, 2.24) is 14.7 Å². The summed E-state index contributed by atoms with van der Waals surface area (Å²) in [6.07, 6.45) is -0.540. The molecule has 0 saturated carbocycles. The highest BCUT2D eigenvalue weighted by atomic mass is 16.2. The Kier molecular flexibility index (Phi) is 4.29. The van der Waals surface area contributed by atoms with Crippen molar-refractivity contribution in [1.29, 1.82) is 0 Å². The molecule has 7 nitrogen and oxygen atoms in total. The maximum atomic E-state index is 13.3. The summed E-state index contributed by atoms with van der Waals surface area (Å²) < 4.78 is 0. The number of carbonyl (C=O) groups is 2. The van der Waals surface area contributed by atoms with Gasteiger partial charge in [0.25, 0.3) is 5.91 Å². The summed E-state index contributed by atoms with van der Waals surface area (Å²) in [7, 11) is 1.71. The molecule has 4 rings (SSSR count). The molecule has 0 N–H and O–H groups in total. The van der Waals surface area contributed by atoms with Crippen LogP contribution in [0.2, 0.25) is 0 Å². The van der Waals surface area contributed by atoms with Crippen LogP contribution >= 0.6 is 0 Å². The van der Waals surface area contributed by atoms with Crippen LogP contribution in [0.25, 0.3) is 0 Å². The summed E-state index contributed by atoms with van der Waals surface area (Å²) in [6.45, 7) is 14.1. The van der Waals surface area contributed by atoms with Crippen molar-refractivity contribution in [3.8, 4) is 0 Å². The molecule has 0 aliphatic carbocycles. The number of hydrogen-bond acceptors (Lipinski definition) is 5. The Morgan fingerprint density at radius 1 is 1.14 bits per heavy atom. The van der Waals surface area contributed by atoms with E-state index in [9.17, 15) is 9.59 Å². The van der Waals surface area contributed by atoms with Crippen LogP contribution < -0.4 is 4.90 Å². The number of nitrogens with zero attached hydrogens (tertiary/aromatic N) is 5. The molecule has 3 aliphatic rings. The number of carbonyl (C=O) groups excluding carboxylic acids is 2. The lowest BCUT2D eigenvalue weighted by Gasteiger charge is -2.40. The molecular formula is C22H27N5O2. The molecule has 1 saturated heterocycles. The van der Waals surface area contributed by atoms with Gasteiger partial charge in [0.15, 0.2) is 12.2 Å². The van der Waals surface area contributed by atoms with E-state index >= 15 is 0 Å². The summed E-state index contributed by atoms with van der Waals surface area (Å²) in [4.78, 5) is 37.9. The molecule has 0 spiro atoms. The van der Waals surface area contributed by atoms with Gasteiger partial charge in [-0.05, 0) is 51.8 Å². The fourth-order valence-corrected chi connectivity index (χ4v) is 4.28. The summed E-state index contributed by atoms with van der Waals surface area (Å²) >= 11 is 0. The summed E-state index contributed by atoms with van der Waals surface area (Å²) in [5.41, 5.74) is 6.10. The number of rotatable bonds is 3. The summed E-state index contributed by atoms with van der Waals surface area (Å²) in [5.74, 6) is 0.476. The van der Waals surface area contributed by atoms with E-state index in [1.165, 1.54) is 4.90 Å². The SMILES string of the molecule is C=C(C)CN1C(=O)C2C(N=C3N(c4cc(C)ccc4C)C(C)=C(C)N32)N(C)C1=O. The second-order valence-corrected chi connectivity index (χ2v) is 8.23. The first-order chi connectivity index (χ1) is 13.6. The van der Waals surface area contributed by atoms with Gasteiger partial charge in [0, 0.05) is 18.4 Å². The minimum atomic E-state index is -0.558. The van der Waals surface area contributed by atoms with E-state index in [1.54, 1.807) is 11.9 Å². The third kappa shape index (κ3) is 2.68. The molecule has 1 aromatic rings. The van der Waals surface area contributed by atoms with Crippen LogP contribution in [-0.4, -0.2) is 58.4 Å². The Morgan fingerprint density at radius 2 is 1.83 bits per heavy atom. The molecule has 3 heterocycles. The molecule has 2 unspecified atom stereocenters. The molecule has 152 valence electrons. The average Bonchev–Trinajstić information content (AvgIpc) is 3.15. The van der Waals surface area contributed by atoms with E-state index in [0.29, 0.717) is 5.96 Å². The summed E-state index contributed by atoms with van der Waals surface area (Å²) in [6, 6.07) is 5.41. The molecule has 0 radical (unpaired) electrons. The number of hydrogen-bond donors (Lipinski definition) is 0. The lowest BCUT2D eigenvalue weighted by atomic mass is 10.1. The van der Waals surface area contributed by atoms with Crippen molar-refractivity contribution < 1.29 is 9.59 Å². The molecule has 1 fully saturated rings. The van der Waals surface area contributed by atoms with Crippen LogP contribution in [0, 0.1) is 13.8 Å². The molecule has 0 bridgehead atoms. The quantitative estimate of drug-likeness (QED) is 0.740. The first-order valence-corrected chi connectivity index (χ1v) is 9.78. The molecule has 2 atom stereocenters. The van der Waals surface area contributed by atoms with Gasteiger partial charge in [-0.15, -0.1) is 0 Å². The Morgan fingerprint density at radius 3 is 2.48 bits per heavy atom. The van der Waals surface area contributed by atoms with Crippen molar-refractivity contribution in [3.63, 3.8) is 0 Å². The fraction of sp³-hybridized carbons (Fsp3) is 0.409. The normalized spacial score (nSPS) is 23.7.